The minimum Gasteiger partial charge on any atom is -0.361 e. The second-order valence-corrected chi connectivity index (χ2v) is 5.42. The standard InChI is InChI=1S/C13H13ClFNOS/c1-8-12(9(2)17-16-8)7-18-6-10-3-4-11(15)5-13(10)14/h3-5H,6-7H2,1-2H3. The van der Waals surface area contributed by atoms with Crippen LogP contribution < -0.4 is 0 Å². The average Bonchev–Trinajstić information content (AvgIpc) is 2.63. The van der Waals surface area contributed by atoms with Gasteiger partial charge < -0.3 is 4.52 Å². The molecule has 0 bridgehead atoms. The zero-order chi connectivity index (χ0) is 13.1. The molecule has 0 unspecified atom stereocenters. The molecule has 0 aliphatic rings. The van der Waals surface area contributed by atoms with Gasteiger partial charge in [0.2, 0.25) is 0 Å². The summed E-state index contributed by atoms with van der Waals surface area (Å²) in [5.74, 6) is 2.10. The van der Waals surface area contributed by atoms with Crippen molar-refractivity contribution in [2.75, 3.05) is 0 Å². The minimum absolute atomic E-state index is 0.306. The van der Waals surface area contributed by atoms with Gasteiger partial charge in [0.15, 0.2) is 0 Å². The van der Waals surface area contributed by atoms with Gasteiger partial charge in [-0.2, -0.15) is 11.8 Å². The van der Waals surface area contributed by atoms with Gasteiger partial charge in [-0.15, -0.1) is 0 Å². The fourth-order valence-corrected chi connectivity index (χ4v) is 3.11. The summed E-state index contributed by atoms with van der Waals surface area (Å²) in [5, 5.41) is 4.38. The van der Waals surface area contributed by atoms with Crippen LogP contribution in [-0.4, -0.2) is 5.16 Å². The highest BCUT2D eigenvalue weighted by atomic mass is 35.5. The van der Waals surface area contributed by atoms with Crippen LogP contribution >= 0.6 is 23.4 Å². The zero-order valence-corrected chi connectivity index (χ0v) is 11.7. The molecule has 2 aromatic rings. The molecule has 1 aromatic carbocycles. The topological polar surface area (TPSA) is 26.0 Å². The van der Waals surface area contributed by atoms with Gasteiger partial charge in [0, 0.05) is 22.1 Å². The number of aryl methyl sites for hydroxylation is 2. The van der Waals surface area contributed by atoms with Crippen LogP contribution in [0.2, 0.25) is 5.02 Å². The summed E-state index contributed by atoms with van der Waals surface area (Å²) in [7, 11) is 0. The highest BCUT2D eigenvalue weighted by Crippen LogP contribution is 2.26. The molecule has 2 rings (SSSR count). The second-order valence-electron chi connectivity index (χ2n) is 4.03. The molecule has 0 saturated heterocycles. The Kier molecular flexibility index (Phi) is 4.30. The minimum atomic E-state index is -0.306. The Labute approximate surface area is 115 Å². The van der Waals surface area contributed by atoms with E-state index in [2.05, 4.69) is 5.16 Å². The van der Waals surface area contributed by atoms with Crippen LogP contribution in [0, 0.1) is 19.7 Å². The van der Waals surface area contributed by atoms with E-state index in [1.807, 2.05) is 13.8 Å². The Morgan fingerprint density at radius 3 is 2.72 bits per heavy atom. The first kappa shape index (κ1) is 13.4. The predicted octanol–water partition coefficient (Wildman–Crippen LogP) is 4.52. The monoisotopic (exact) mass is 285 g/mol. The molecule has 18 heavy (non-hydrogen) atoms. The molecule has 2 nitrogen and oxygen atoms in total. The van der Waals surface area contributed by atoms with Gasteiger partial charge in [-0.25, -0.2) is 4.39 Å². The largest absolute Gasteiger partial charge is 0.361 e. The maximum absolute atomic E-state index is 12.9. The van der Waals surface area contributed by atoms with E-state index >= 15 is 0 Å². The van der Waals surface area contributed by atoms with E-state index in [0.717, 1.165) is 34.1 Å². The third kappa shape index (κ3) is 3.06. The van der Waals surface area contributed by atoms with Crippen LogP contribution in [0.3, 0.4) is 0 Å². The molecule has 0 N–H and O–H groups in total. The lowest BCUT2D eigenvalue weighted by molar-refractivity contribution is 0.392. The van der Waals surface area contributed by atoms with Crippen molar-refractivity contribution in [1.29, 1.82) is 0 Å². The molecule has 96 valence electrons. The number of hydrogen-bond acceptors (Lipinski definition) is 3. The number of nitrogens with zero attached hydrogens (tertiary/aromatic N) is 1. The number of hydrogen-bond donors (Lipinski definition) is 0. The SMILES string of the molecule is Cc1noc(C)c1CSCc1ccc(F)cc1Cl. The number of rotatable bonds is 4. The van der Waals surface area contributed by atoms with Crippen LogP contribution in [0.4, 0.5) is 4.39 Å². The molecule has 0 aliphatic carbocycles. The fraction of sp³-hybridized carbons (Fsp3) is 0.308. The van der Waals surface area contributed by atoms with Crippen molar-refractivity contribution >= 4 is 23.4 Å². The van der Waals surface area contributed by atoms with Crippen LogP contribution in [0.15, 0.2) is 22.7 Å². The van der Waals surface area contributed by atoms with E-state index in [1.165, 1.54) is 12.1 Å². The Balaban J connectivity index is 1.96. The summed E-state index contributed by atoms with van der Waals surface area (Å²) in [6, 6.07) is 4.49. The maximum atomic E-state index is 12.9. The normalized spacial score (nSPS) is 10.9. The van der Waals surface area contributed by atoms with E-state index in [9.17, 15) is 4.39 Å². The summed E-state index contributed by atoms with van der Waals surface area (Å²) in [4.78, 5) is 0. The van der Waals surface area contributed by atoms with Crippen molar-refractivity contribution in [1.82, 2.24) is 5.16 Å². The highest BCUT2D eigenvalue weighted by molar-refractivity contribution is 7.97. The molecule has 0 fully saturated rings. The van der Waals surface area contributed by atoms with Crippen molar-refractivity contribution in [3.05, 3.63) is 51.6 Å². The molecule has 5 heteroatoms. The fourth-order valence-electron chi connectivity index (χ4n) is 1.61. The predicted molar refractivity (Wildman–Crippen MR) is 72.4 cm³/mol. The van der Waals surface area contributed by atoms with Gasteiger partial charge in [0.25, 0.3) is 0 Å². The van der Waals surface area contributed by atoms with E-state index in [4.69, 9.17) is 16.1 Å². The third-order valence-corrected chi connectivity index (χ3v) is 4.06. The zero-order valence-electron chi connectivity index (χ0n) is 10.2. The smallest absolute Gasteiger partial charge is 0.137 e. The number of thioether (sulfide) groups is 1. The highest BCUT2D eigenvalue weighted by Gasteiger charge is 2.09. The molecule has 0 aliphatic heterocycles. The lowest BCUT2D eigenvalue weighted by Gasteiger charge is -2.04. The molecule has 0 atom stereocenters. The second kappa shape index (κ2) is 5.76. The van der Waals surface area contributed by atoms with Crippen LogP contribution in [-0.2, 0) is 11.5 Å². The Morgan fingerprint density at radius 1 is 1.33 bits per heavy atom. The summed E-state index contributed by atoms with van der Waals surface area (Å²) in [6.45, 7) is 3.83. The summed E-state index contributed by atoms with van der Waals surface area (Å²) < 4.78 is 18.0. The van der Waals surface area contributed by atoms with Gasteiger partial charge in [-0.05, 0) is 31.5 Å². The van der Waals surface area contributed by atoms with E-state index in [-0.39, 0.29) is 5.82 Å². The van der Waals surface area contributed by atoms with E-state index in [0.29, 0.717) is 5.02 Å². The van der Waals surface area contributed by atoms with Crippen molar-refractivity contribution in [3.8, 4) is 0 Å². The van der Waals surface area contributed by atoms with Crippen LogP contribution in [0.5, 0.6) is 0 Å². The molecule has 1 heterocycles. The van der Waals surface area contributed by atoms with Crippen LogP contribution in [0.25, 0.3) is 0 Å². The first-order chi connectivity index (χ1) is 8.58. The summed E-state index contributed by atoms with van der Waals surface area (Å²) in [5.41, 5.74) is 2.98. The van der Waals surface area contributed by atoms with Crippen molar-refractivity contribution in [2.45, 2.75) is 25.4 Å². The van der Waals surface area contributed by atoms with Gasteiger partial charge in [0.05, 0.1) is 5.69 Å². The third-order valence-electron chi connectivity index (χ3n) is 2.70. The van der Waals surface area contributed by atoms with Gasteiger partial charge in [-0.3, -0.25) is 0 Å². The van der Waals surface area contributed by atoms with E-state index in [1.54, 1.807) is 17.8 Å². The number of aromatic nitrogens is 1. The van der Waals surface area contributed by atoms with E-state index < -0.39 is 0 Å². The Hall–Kier alpha value is -1.00. The lowest BCUT2D eigenvalue weighted by atomic mass is 10.2. The lowest BCUT2D eigenvalue weighted by Crippen LogP contribution is -1.88. The molecule has 0 saturated carbocycles. The van der Waals surface area contributed by atoms with Gasteiger partial charge in [0.1, 0.15) is 11.6 Å². The number of benzene rings is 1. The Morgan fingerprint density at radius 2 is 2.11 bits per heavy atom. The maximum Gasteiger partial charge on any atom is 0.137 e. The van der Waals surface area contributed by atoms with Crippen molar-refractivity contribution in [2.24, 2.45) is 0 Å². The number of halogens is 2. The first-order valence-corrected chi connectivity index (χ1v) is 7.04. The van der Waals surface area contributed by atoms with Crippen LogP contribution in [0.1, 0.15) is 22.6 Å². The molecular formula is C13H13ClFNOS. The quantitative estimate of drug-likeness (QED) is 0.826. The molecule has 0 radical (unpaired) electrons. The van der Waals surface area contributed by atoms with Gasteiger partial charge >= 0.3 is 0 Å². The molecular weight excluding hydrogens is 273 g/mol. The summed E-state index contributed by atoms with van der Waals surface area (Å²) >= 11 is 7.67. The molecule has 1 aromatic heterocycles. The Bertz CT molecular complexity index is 536. The molecule has 0 spiro atoms. The first-order valence-electron chi connectivity index (χ1n) is 5.51. The van der Waals surface area contributed by atoms with Crippen molar-refractivity contribution < 1.29 is 8.91 Å². The molecule has 0 amide bonds. The van der Waals surface area contributed by atoms with Crippen molar-refractivity contribution in [3.63, 3.8) is 0 Å². The summed E-state index contributed by atoms with van der Waals surface area (Å²) in [6.07, 6.45) is 0. The average molecular weight is 286 g/mol. The van der Waals surface area contributed by atoms with Gasteiger partial charge in [-0.1, -0.05) is 22.8 Å².